The molecule has 1 N–H and O–H groups in total. The second-order valence-electron chi connectivity index (χ2n) is 4.17. The fraction of sp³-hybridized carbons (Fsp3) is 0.267. The quantitative estimate of drug-likeness (QED) is 0.920. The molecule has 0 saturated heterocycles. The van der Waals surface area contributed by atoms with Crippen molar-refractivity contribution in [3.05, 3.63) is 59.2 Å². The van der Waals surface area contributed by atoms with E-state index in [0.717, 1.165) is 12.0 Å². The van der Waals surface area contributed by atoms with Crippen molar-refractivity contribution in [2.45, 2.75) is 19.4 Å². The Balaban J connectivity index is 2.47. The minimum absolute atomic E-state index is 0.116. The van der Waals surface area contributed by atoms with Gasteiger partial charge in [0.25, 0.3) is 0 Å². The molecule has 0 fully saturated rings. The number of benzene rings is 1. The number of halogens is 1. The number of pyridine rings is 1. The number of aliphatic hydroxyl groups is 1. The maximum atomic E-state index is 14.1. The van der Waals surface area contributed by atoms with Gasteiger partial charge in [-0.1, -0.05) is 25.1 Å². The van der Waals surface area contributed by atoms with Crippen molar-refractivity contribution in [2.24, 2.45) is 0 Å². The second kappa shape index (κ2) is 5.80. The van der Waals surface area contributed by atoms with Crippen molar-refractivity contribution >= 4 is 0 Å². The first kappa shape index (κ1) is 13.5. The van der Waals surface area contributed by atoms with E-state index in [1.807, 2.05) is 13.0 Å². The van der Waals surface area contributed by atoms with E-state index in [0.29, 0.717) is 5.69 Å². The summed E-state index contributed by atoms with van der Waals surface area (Å²) in [7, 11) is 1.40. The zero-order valence-electron chi connectivity index (χ0n) is 10.9. The SMILES string of the molecule is CCc1cccnc1C(O)c1cccc(OC)c1F. The Bertz CT molecular complexity index is 572. The lowest BCUT2D eigenvalue weighted by Crippen LogP contribution is -2.08. The lowest BCUT2D eigenvalue weighted by molar-refractivity contribution is 0.207. The predicted molar refractivity (Wildman–Crippen MR) is 70.6 cm³/mol. The van der Waals surface area contributed by atoms with Gasteiger partial charge in [-0.3, -0.25) is 4.98 Å². The van der Waals surface area contributed by atoms with E-state index in [9.17, 15) is 9.50 Å². The minimum atomic E-state index is -1.09. The molecule has 0 saturated carbocycles. The van der Waals surface area contributed by atoms with Gasteiger partial charge in [0, 0.05) is 11.8 Å². The van der Waals surface area contributed by atoms with Crippen molar-refractivity contribution in [3.63, 3.8) is 0 Å². The number of aliphatic hydroxyl groups excluding tert-OH is 1. The van der Waals surface area contributed by atoms with Crippen LogP contribution in [0, 0.1) is 5.82 Å². The molecule has 4 heteroatoms. The second-order valence-corrected chi connectivity index (χ2v) is 4.17. The van der Waals surface area contributed by atoms with Crippen molar-refractivity contribution in [1.29, 1.82) is 0 Å². The molecule has 0 amide bonds. The van der Waals surface area contributed by atoms with Gasteiger partial charge in [0.05, 0.1) is 12.8 Å². The van der Waals surface area contributed by atoms with Gasteiger partial charge in [0.15, 0.2) is 11.6 Å². The molecule has 100 valence electrons. The molecule has 2 rings (SSSR count). The number of aryl methyl sites for hydroxylation is 1. The van der Waals surface area contributed by atoms with Gasteiger partial charge < -0.3 is 9.84 Å². The van der Waals surface area contributed by atoms with Crippen LogP contribution in [0.1, 0.15) is 29.8 Å². The van der Waals surface area contributed by atoms with Gasteiger partial charge in [0.1, 0.15) is 6.10 Å². The van der Waals surface area contributed by atoms with Crippen LogP contribution in [0.5, 0.6) is 5.75 Å². The largest absolute Gasteiger partial charge is 0.494 e. The summed E-state index contributed by atoms with van der Waals surface area (Å²) in [5, 5.41) is 10.3. The molecule has 0 radical (unpaired) electrons. The molecule has 19 heavy (non-hydrogen) atoms. The van der Waals surface area contributed by atoms with Gasteiger partial charge in [-0.15, -0.1) is 0 Å². The topological polar surface area (TPSA) is 42.4 Å². The third-order valence-electron chi connectivity index (χ3n) is 3.07. The highest BCUT2D eigenvalue weighted by molar-refractivity contribution is 5.37. The summed E-state index contributed by atoms with van der Waals surface area (Å²) >= 11 is 0. The predicted octanol–water partition coefficient (Wildman–Crippen LogP) is 2.87. The van der Waals surface area contributed by atoms with Crippen LogP contribution in [0.4, 0.5) is 4.39 Å². The number of hydrogen-bond acceptors (Lipinski definition) is 3. The Morgan fingerprint density at radius 1 is 1.32 bits per heavy atom. The smallest absolute Gasteiger partial charge is 0.171 e. The first-order valence-corrected chi connectivity index (χ1v) is 6.13. The van der Waals surface area contributed by atoms with Crippen LogP contribution in [0.25, 0.3) is 0 Å². The molecule has 1 aromatic carbocycles. The van der Waals surface area contributed by atoms with E-state index in [1.54, 1.807) is 18.3 Å². The molecule has 1 aromatic heterocycles. The maximum Gasteiger partial charge on any atom is 0.171 e. The van der Waals surface area contributed by atoms with Crippen LogP contribution < -0.4 is 4.74 Å². The molecule has 0 aliphatic carbocycles. The van der Waals surface area contributed by atoms with Crippen molar-refractivity contribution in [3.8, 4) is 5.75 Å². The van der Waals surface area contributed by atoms with Crippen molar-refractivity contribution < 1.29 is 14.2 Å². The molecule has 0 bridgehead atoms. The fourth-order valence-electron chi connectivity index (χ4n) is 2.04. The summed E-state index contributed by atoms with van der Waals surface area (Å²) in [4.78, 5) is 4.16. The fourth-order valence-corrected chi connectivity index (χ4v) is 2.04. The van der Waals surface area contributed by atoms with E-state index >= 15 is 0 Å². The van der Waals surface area contributed by atoms with Crippen LogP contribution in [-0.4, -0.2) is 17.2 Å². The van der Waals surface area contributed by atoms with Crippen LogP contribution in [-0.2, 0) is 6.42 Å². The standard InChI is InChI=1S/C15H16FNO2/c1-3-10-6-5-9-17-14(10)15(18)11-7-4-8-12(19-2)13(11)16/h4-9,15,18H,3H2,1-2H3. The van der Waals surface area contributed by atoms with Gasteiger partial charge in [-0.25, -0.2) is 4.39 Å². The third-order valence-corrected chi connectivity index (χ3v) is 3.07. The Morgan fingerprint density at radius 2 is 2.11 bits per heavy atom. The van der Waals surface area contributed by atoms with E-state index in [1.165, 1.54) is 19.2 Å². The summed E-state index contributed by atoms with van der Waals surface area (Å²) in [5.41, 5.74) is 1.56. The van der Waals surface area contributed by atoms with E-state index in [2.05, 4.69) is 4.98 Å². The molecule has 0 spiro atoms. The Kier molecular flexibility index (Phi) is 4.12. The Morgan fingerprint density at radius 3 is 2.79 bits per heavy atom. The molecule has 0 aliphatic rings. The monoisotopic (exact) mass is 261 g/mol. The highest BCUT2D eigenvalue weighted by Crippen LogP contribution is 2.29. The number of nitrogens with zero attached hydrogens (tertiary/aromatic N) is 1. The lowest BCUT2D eigenvalue weighted by atomic mass is 10.00. The average Bonchev–Trinajstić information content (AvgIpc) is 2.46. The Labute approximate surface area is 111 Å². The number of aromatic nitrogens is 1. The van der Waals surface area contributed by atoms with E-state index in [4.69, 9.17) is 4.74 Å². The van der Waals surface area contributed by atoms with Crippen LogP contribution in [0.3, 0.4) is 0 Å². The van der Waals surface area contributed by atoms with Crippen LogP contribution >= 0.6 is 0 Å². The summed E-state index contributed by atoms with van der Waals surface area (Å²) < 4.78 is 19.1. The number of ether oxygens (including phenoxy) is 1. The first-order chi connectivity index (χ1) is 9.19. The summed E-state index contributed by atoms with van der Waals surface area (Å²) in [6, 6.07) is 8.39. The van der Waals surface area contributed by atoms with E-state index in [-0.39, 0.29) is 11.3 Å². The van der Waals surface area contributed by atoms with Gasteiger partial charge in [-0.2, -0.15) is 0 Å². The third kappa shape index (κ3) is 2.58. The number of methoxy groups -OCH3 is 1. The van der Waals surface area contributed by atoms with Gasteiger partial charge in [-0.05, 0) is 24.1 Å². The molecule has 3 nitrogen and oxygen atoms in total. The van der Waals surface area contributed by atoms with Crippen molar-refractivity contribution in [1.82, 2.24) is 4.98 Å². The molecular formula is C15H16FNO2. The zero-order chi connectivity index (χ0) is 13.8. The van der Waals surface area contributed by atoms with Crippen LogP contribution in [0.15, 0.2) is 36.5 Å². The van der Waals surface area contributed by atoms with Gasteiger partial charge >= 0.3 is 0 Å². The van der Waals surface area contributed by atoms with Crippen molar-refractivity contribution in [2.75, 3.05) is 7.11 Å². The highest BCUT2D eigenvalue weighted by atomic mass is 19.1. The minimum Gasteiger partial charge on any atom is -0.494 e. The van der Waals surface area contributed by atoms with E-state index < -0.39 is 11.9 Å². The maximum absolute atomic E-state index is 14.1. The average molecular weight is 261 g/mol. The molecule has 1 heterocycles. The molecule has 1 unspecified atom stereocenters. The molecule has 1 atom stereocenters. The number of rotatable bonds is 4. The molecule has 2 aromatic rings. The van der Waals surface area contributed by atoms with Gasteiger partial charge in [0.2, 0.25) is 0 Å². The van der Waals surface area contributed by atoms with Crippen LogP contribution in [0.2, 0.25) is 0 Å². The lowest BCUT2D eigenvalue weighted by Gasteiger charge is -2.15. The molecule has 0 aliphatic heterocycles. The zero-order valence-corrected chi connectivity index (χ0v) is 10.9. The summed E-state index contributed by atoms with van der Waals surface area (Å²) in [6.45, 7) is 1.97. The number of hydrogen-bond donors (Lipinski definition) is 1. The normalized spacial score (nSPS) is 12.2. The first-order valence-electron chi connectivity index (χ1n) is 6.13. The summed E-state index contributed by atoms with van der Waals surface area (Å²) in [5.74, 6) is -0.435. The summed E-state index contributed by atoms with van der Waals surface area (Å²) in [6.07, 6.45) is 1.23. The molecular weight excluding hydrogens is 245 g/mol. The Hall–Kier alpha value is -1.94. The highest BCUT2D eigenvalue weighted by Gasteiger charge is 2.20.